The maximum Gasteiger partial charge on any atom is 0.408 e. The van der Waals surface area contributed by atoms with Crippen molar-refractivity contribution < 1.29 is 24.2 Å². The number of carbonyl (C=O) groups is 3. The normalized spacial score (nSPS) is 13.7. The van der Waals surface area contributed by atoms with E-state index in [1.165, 1.54) is 4.90 Å². The zero-order valence-electron chi connectivity index (χ0n) is 22.4. The molecule has 0 aromatic heterocycles. The number of rotatable bonds is 8. The lowest BCUT2D eigenvalue weighted by Gasteiger charge is -2.36. The molecule has 3 N–H and O–H groups in total. The predicted octanol–water partition coefficient (Wildman–Crippen LogP) is 4.44. The Labute approximate surface area is 204 Å². The molecule has 0 aliphatic rings. The molecule has 8 heteroatoms. The second kappa shape index (κ2) is 11.6. The molecule has 0 radical (unpaired) electrons. The molecule has 0 heterocycles. The van der Waals surface area contributed by atoms with Gasteiger partial charge < -0.3 is 25.4 Å². The SMILES string of the molecule is CCN(C(=O)C(CC(C)C)NC(=O)OC(C)(C)C)C(C(=O)NC(C)(C)C)c1cccc(C)c1O. The van der Waals surface area contributed by atoms with Crippen molar-refractivity contribution in [2.45, 2.75) is 98.9 Å². The number of ether oxygens (including phenoxy) is 1. The second-order valence-corrected chi connectivity index (χ2v) is 11.1. The van der Waals surface area contributed by atoms with Crippen molar-refractivity contribution in [2.75, 3.05) is 6.54 Å². The number of alkyl carbamates (subject to hydrolysis) is 1. The van der Waals surface area contributed by atoms with Crippen LogP contribution >= 0.6 is 0 Å². The Morgan fingerprint density at radius 3 is 2.15 bits per heavy atom. The minimum absolute atomic E-state index is 0.0386. The molecule has 0 aliphatic carbocycles. The van der Waals surface area contributed by atoms with Gasteiger partial charge in [-0.15, -0.1) is 0 Å². The number of hydrogen-bond donors (Lipinski definition) is 3. The van der Waals surface area contributed by atoms with Crippen molar-refractivity contribution in [3.63, 3.8) is 0 Å². The summed E-state index contributed by atoms with van der Waals surface area (Å²) in [6, 6.07) is 3.15. The van der Waals surface area contributed by atoms with Crippen molar-refractivity contribution >= 4 is 17.9 Å². The number of nitrogens with one attached hydrogen (secondary N) is 2. The molecule has 1 rings (SSSR count). The Bertz CT molecular complexity index is 868. The lowest BCUT2D eigenvalue weighted by atomic mass is 9.96. The summed E-state index contributed by atoms with van der Waals surface area (Å²) in [7, 11) is 0. The lowest BCUT2D eigenvalue weighted by Crippen LogP contribution is -2.54. The van der Waals surface area contributed by atoms with E-state index < -0.39 is 41.1 Å². The maximum atomic E-state index is 13.8. The highest BCUT2D eigenvalue weighted by Crippen LogP contribution is 2.32. The number of phenolic OH excluding ortho intramolecular Hbond substituents is 1. The number of carbonyl (C=O) groups excluding carboxylic acids is 3. The van der Waals surface area contributed by atoms with Gasteiger partial charge in [0.15, 0.2) is 0 Å². The first kappa shape index (κ1) is 29.3. The fourth-order valence-corrected chi connectivity index (χ4v) is 3.60. The van der Waals surface area contributed by atoms with E-state index >= 15 is 0 Å². The van der Waals surface area contributed by atoms with Crippen LogP contribution in [0.3, 0.4) is 0 Å². The van der Waals surface area contributed by atoms with Gasteiger partial charge in [0, 0.05) is 17.6 Å². The third kappa shape index (κ3) is 8.88. The van der Waals surface area contributed by atoms with Crippen molar-refractivity contribution in [3.05, 3.63) is 29.3 Å². The molecule has 0 aliphatic heterocycles. The molecule has 0 bridgehead atoms. The summed E-state index contributed by atoms with van der Waals surface area (Å²) < 4.78 is 5.37. The van der Waals surface area contributed by atoms with Crippen molar-refractivity contribution in [3.8, 4) is 5.75 Å². The van der Waals surface area contributed by atoms with Gasteiger partial charge in [-0.2, -0.15) is 0 Å². The van der Waals surface area contributed by atoms with Crippen LogP contribution < -0.4 is 10.6 Å². The standard InChI is InChI=1S/C26H43N3O5/c1-11-29(23(32)19(15-16(2)3)27-24(33)34-26(8,9)10)20(22(31)28-25(5,6)7)18-14-12-13-17(4)21(18)30/h12-14,16,19-20,30H,11,15H2,1-10H3,(H,27,33)(H,28,31). The molecule has 1 aromatic rings. The number of para-hydroxylation sites is 1. The number of aryl methyl sites for hydroxylation is 1. The van der Waals surface area contributed by atoms with Crippen molar-refractivity contribution in [1.82, 2.24) is 15.5 Å². The molecule has 2 atom stereocenters. The highest BCUT2D eigenvalue weighted by atomic mass is 16.6. The minimum Gasteiger partial charge on any atom is -0.507 e. The second-order valence-electron chi connectivity index (χ2n) is 11.1. The first-order valence-electron chi connectivity index (χ1n) is 11.9. The van der Waals surface area contributed by atoms with E-state index in [9.17, 15) is 19.5 Å². The Kier molecular flexibility index (Phi) is 9.97. The van der Waals surface area contributed by atoms with Gasteiger partial charge in [0.2, 0.25) is 11.8 Å². The van der Waals surface area contributed by atoms with Crippen LogP contribution in [-0.2, 0) is 14.3 Å². The fraction of sp³-hybridized carbons (Fsp3) is 0.654. The summed E-state index contributed by atoms with van der Waals surface area (Å²) in [6.45, 7) is 18.4. The zero-order chi connectivity index (χ0) is 26.4. The number of aromatic hydroxyl groups is 1. The summed E-state index contributed by atoms with van der Waals surface area (Å²) in [5.41, 5.74) is -0.344. The Balaban J connectivity index is 3.47. The van der Waals surface area contributed by atoms with E-state index in [2.05, 4.69) is 10.6 Å². The van der Waals surface area contributed by atoms with Crippen molar-refractivity contribution in [1.29, 1.82) is 0 Å². The van der Waals surface area contributed by atoms with Crippen LogP contribution in [0.4, 0.5) is 4.79 Å². The lowest BCUT2D eigenvalue weighted by molar-refractivity contribution is -0.143. The molecule has 0 saturated carbocycles. The third-order valence-electron chi connectivity index (χ3n) is 4.94. The number of benzene rings is 1. The topological polar surface area (TPSA) is 108 Å². The molecule has 0 spiro atoms. The van der Waals surface area contributed by atoms with Gasteiger partial charge in [0.1, 0.15) is 23.4 Å². The van der Waals surface area contributed by atoms with Gasteiger partial charge >= 0.3 is 6.09 Å². The summed E-state index contributed by atoms with van der Waals surface area (Å²) in [4.78, 5) is 41.1. The number of hydrogen-bond acceptors (Lipinski definition) is 5. The van der Waals surface area contributed by atoms with Gasteiger partial charge in [-0.1, -0.05) is 32.0 Å². The summed E-state index contributed by atoms with van der Waals surface area (Å²) in [5, 5.41) is 16.4. The van der Waals surface area contributed by atoms with Crippen LogP contribution in [0.5, 0.6) is 5.75 Å². The highest BCUT2D eigenvalue weighted by molar-refractivity contribution is 5.92. The number of phenols is 1. The molecule has 0 fully saturated rings. The fourth-order valence-electron chi connectivity index (χ4n) is 3.60. The molecular formula is C26H43N3O5. The van der Waals surface area contributed by atoms with Gasteiger partial charge in [-0.05, 0) is 73.3 Å². The third-order valence-corrected chi connectivity index (χ3v) is 4.94. The van der Waals surface area contributed by atoms with E-state index in [1.807, 2.05) is 34.6 Å². The van der Waals surface area contributed by atoms with E-state index in [-0.39, 0.29) is 18.2 Å². The van der Waals surface area contributed by atoms with Crippen LogP contribution in [0.2, 0.25) is 0 Å². The average molecular weight is 478 g/mol. The maximum absolute atomic E-state index is 13.8. The molecule has 0 saturated heterocycles. The van der Waals surface area contributed by atoms with Crippen molar-refractivity contribution in [2.24, 2.45) is 5.92 Å². The van der Waals surface area contributed by atoms with Crippen LogP contribution in [0.15, 0.2) is 18.2 Å². The zero-order valence-corrected chi connectivity index (χ0v) is 22.4. The first-order chi connectivity index (χ1) is 15.5. The monoisotopic (exact) mass is 477 g/mol. The van der Waals surface area contributed by atoms with Gasteiger partial charge in [-0.25, -0.2) is 4.79 Å². The largest absolute Gasteiger partial charge is 0.507 e. The van der Waals surface area contributed by atoms with E-state index in [0.717, 1.165) is 0 Å². The average Bonchev–Trinajstić information content (AvgIpc) is 2.64. The highest BCUT2D eigenvalue weighted by Gasteiger charge is 2.38. The molecule has 3 amide bonds. The molecular weight excluding hydrogens is 434 g/mol. The quantitative estimate of drug-likeness (QED) is 0.513. The van der Waals surface area contributed by atoms with E-state index in [4.69, 9.17) is 4.74 Å². The summed E-state index contributed by atoms with van der Waals surface area (Å²) in [5.74, 6) is -0.777. The minimum atomic E-state index is -1.08. The summed E-state index contributed by atoms with van der Waals surface area (Å²) in [6.07, 6.45) is -0.334. The molecule has 34 heavy (non-hydrogen) atoms. The van der Waals surface area contributed by atoms with Crippen LogP contribution in [0.25, 0.3) is 0 Å². The molecule has 8 nitrogen and oxygen atoms in total. The van der Waals surface area contributed by atoms with E-state index in [0.29, 0.717) is 17.5 Å². The van der Waals surface area contributed by atoms with Gasteiger partial charge in [0.05, 0.1) is 0 Å². The van der Waals surface area contributed by atoms with Crippen LogP contribution in [0, 0.1) is 12.8 Å². The number of nitrogens with zero attached hydrogens (tertiary/aromatic N) is 1. The Morgan fingerprint density at radius 1 is 1.09 bits per heavy atom. The van der Waals surface area contributed by atoms with Gasteiger partial charge in [-0.3, -0.25) is 9.59 Å². The van der Waals surface area contributed by atoms with Crippen LogP contribution in [0.1, 0.15) is 85.9 Å². The number of likely N-dealkylation sites (N-methyl/N-ethyl adjacent to an activating group) is 1. The number of amides is 3. The smallest absolute Gasteiger partial charge is 0.408 e. The molecule has 192 valence electrons. The summed E-state index contributed by atoms with van der Waals surface area (Å²) >= 11 is 0. The first-order valence-corrected chi connectivity index (χ1v) is 11.9. The Hall–Kier alpha value is -2.77. The molecule has 1 aromatic carbocycles. The molecule has 2 unspecified atom stereocenters. The van der Waals surface area contributed by atoms with Crippen LogP contribution in [-0.4, -0.2) is 51.6 Å². The van der Waals surface area contributed by atoms with E-state index in [1.54, 1.807) is 52.8 Å². The Morgan fingerprint density at radius 2 is 1.68 bits per heavy atom. The predicted molar refractivity (Wildman–Crippen MR) is 133 cm³/mol. The van der Waals surface area contributed by atoms with Gasteiger partial charge in [0.25, 0.3) is 0 Å².